The zero-order chi connectivity index (χ0) is 21.1. The van der Waals surface area contributed by atoms with Gasteiger partial charge in [-0.15, -0.1) is 0 Å². The minimum Gasteiger partial charge on any atom is -0.491 e. The number of nitrogens with one attached hydrogen (secondary N) is 2. The van der Waals surface area contributed by atoms with E-state index in [1.54, 1.807) is 7.11 Å². The summed E-state index contributed by atoms with van der Waals surface area (Å²) < 4.78 is 16.7. The predicted octanol–water partition coefficient (Wildman–Crippen LogP) is 3.61. The Morgan fingerprint density at radius 1 is 1.17 bits per heavy atom. The largest absolute Gasteiger partial charge is 0.491 e. The van der Waals surface area contributed by atoms with E-state index in [9.17, 15) is 0 Å². The number of ether oxygens (including phenoxy) is 3. The van der Waals surface area contributed by atoms with Crippen LogP contribution in [0.25, 0.3) is 0 Å². The SMILES string of the molecule is CCNC(=NCc1ccc(OCCOC)cc1)NCC1CCCOC1C(C)(C)C. The number of hydrogen-bond acceptors (Lipinski definition) is 4. The van der Waals surface area contributed by atoms with Gasteiger partial charge in [0.25, 0.3) is 0 Å². The summed E-state index contributed by atoms with van der Waals surface area (Å²) in [6, 6.07) is 8.07. The number of rotatable bonds is 9. The van der Waals surface area contributed by atoms with Crippen LogP contribution in [0.1, 0.15) is 46.1 Å². The van der Waals surface area contributed by atoms with Gasteiger partial charge in [0.05, 0.1) is 19.3 Å². The Kier molecular flexibility index (Phi) is 9.74. The molecule has 0 bridgehead atoms. The summed E-state index contributed by atoms with van der Waals surface area (Å²) in [5.41, 5.74) is 1.30. The van der Waals surface area contributed by atoms with Crippen LogP contribution in [0.3, 0.4) is 0 Å². The molecule has 1 fully saturated rings. The summed E-state index contributed by atoms with van der Waals surface area (Å²) in [5.74, 6) is 2.20. The maximum absolute atomic E-state index is 6.10. The van der Waals surface area contributed by atoms with Crippen LogP contribution in [0, 0.1) is 11.3 Å². The fraction of sp³-hybridized carbons (Fsp3) is 0.696. The van der Waals surface area contributed by atoms with Crippen molar-refractivity contribution in [2.75, 3.05) is 40.0 Å². The van der Waals surface area contributed by atoms with Gasteiger partial charge < -0.3 is 24.8 Å². The number of aliphatic imine (C=N–C) groups is 1. The van der Waals surface area contributed by atoms with Gasteiger partial charge in [0.2, 0.25) is 0 Å². The molecule has 2 unspecified atom stereocenters. The lowest BCUT2D eigenvalue weighted by Crippen LogP contribution is -2.47. The van der Waals surface area contributed by atoms with Crippen molar-refractivity contribution in [2.24, 2.45) is 16.3 Å². The molecule has 0 saturated carbocycles. The minimum absolute atomic E-state index is 0.148. The summed E-state index contributed by atoms with van der Waals surface area (Å²) in [4.78, 5) is 4.75. The topological polar surface area (TPSA) is 64.1 Å². The van der Waals surface area contributed by atoms with Gasteiger partial charge in [-0.05, 0) is 42.9 Å². The van der Waals surface area contributed by atoms with Gasteiger partial charge in [0.15, 0.2) is 5.96 Å². The van der Waals surface area contributed by atoms with Crippen molar-refractivity contribution in [1.29, 1.82) is 0 Å². The second kappa shape index (κ2) is 12.0. The minimum atomic E-state index is 0.148. The van der Waals surface area contributed by atoms with Crippen molar-refractivity contribution < 1.29 is 14.2 Å². The van der Waals surface area contributed by atoms with Gasteiger partial charge >= 0.3 is 0 Å². The number of benzene rings is 1. The van der Waals surface area contributed by atoms with E-state index in [0.717, 1.165) is 43.4 Å². The first kappa shape index (κ1) is 23.5. The van der Waals surface area contributed by atoms with Crippen LogP contribution >= 0.6 is 0 Å². The highest BCUT2D eigenvalue weighted by molar-refractivity contribution is 5.79. The predicted molar refractivity (Wildman–Crippen MR) is 119 cm³/mol. The summed E-state index contributed by atoms with van der Waals surface area (Å²) >= 11 is 0. The van der Waals surface area contributed by atoms with E-state index in [1.165, 1.54) is 6.42 Å². The summed E-state index contributed by atoms with van der Waals surface area (Å²) in [5, 5.41) is 6.88. The molecule has 0 aromatic heterocycles. The lowest BCUT2D eigenvalue weighted by molar-refractivity contribution is -0.0835. The Morgan fingerprint density at radius 2 is 1.93 bits per heavy atom. The molecule has 1 heterocycles. The zero-order valence-electron chi connectivity index (χ0n) is 18.8. The third kappa shape index (κ3) is 8.23. The molecule has 0 amide bonds. The van der Waals surface area contributed by atoms with E-state index in [1.807, 2.05) is 12.1 Å². The van der Waals surface area contributed by atoms with E-state index >= 15 is 0 Å². The number of methoxy groups -OCH3 is 1. The van der Waals surface area contributed by atoms with Crippen LogP contribution in [0.15, 0.2) is 29.3 Å². The molecular weight excluding hydrogens is 366 g/mol. The maximum Gasteiger partial charge on any atom is 0.191 e. The quantitative estimate of drug-likeness (QED) is 0.373. The summed E-state index contributed by atoms with van der Waals surface area (Å²) in [6.45, 7) is 13.2. The van der Waals surface area contributed by atoms with E-state index in [0.29, 0.717) is 25.7 Å². The Labute approximate surface area is 176 Å². The number of guanidine groups is 1. The highest BCUT2D eigenvalue weighted by Gasteiger charge is 2.35. The lowest BCUT2D eigenvalue weighted by atomic mass is 9.78. The Morgan fingerprint density at radius 3 is 2.59 bits per heavy atom. The van der Waals surface area contributed by atoms with Crippen LogP contribution in [0.5, 0.6) is 5.75 Å². The van der Waals surface area contributed by atoms with E-state index in [4.69, 9.17) is 19.2 Å². The van der Waals surface area contributed by atoms with Gasteiger partial charge in [0.1, 0.15) is 12.4 Å². The molecule has 1 aliphatic rings. The molecule has 2 atom stereocenters. The van der Waals surface area contributed by atoms with Crippen molar-refractivity contribution in [1.82, 2.24) is 10.6 Å². The third-order valence-electron chi connectivity index (χ3n) is 5.07. The van der Waals surface area contributed by atoms with Gasteiger partial charge in [-0.2, -0.15) is 0 Å². The second-order valence-electron chi connectivity index (χ2n) is 8.62. The van der Waals surface area contributed by atoms with Gasteiger partial charge in [0, 0.05) is 32.7 Å². The molecule has 6 nitrogen and oxygen atoms in total. The molecule has 164 valence electrons. The van der Waals surface area contributed by atoms with Crippen LogP contribution in [0.2, 0.25) is 0 Å². The normalized spacial score (nSPS) is 20.4. The highest BCUT2D eigenvalue weighted by Crippen LogP contribution is 2.33. The average Bonchev–Trinajstić information content (AvgIpc) is 2.71. The third-order valence-corrected chi connectivity index (χ3v) is 5.07. The average molecular weight is 406 g/mol. The van der Waals surface area contributed by atoms with Gasteiger partial charge in [-0.25, -0.2) is 4.99 Å². The van der Waals surface area contributed by atoms with Crippen LogP contribution in [-0.2, 0) is 16.0 Å². The molecule has 0 radical (unpaired) electrons. The molecule has 0 aliphatic carbocycles. The van der Waals surface area contributed by atoms with E-state index in [-0.39, 0.29) is 11.5 Å². The van der Waals surface area contributed by atoms with Gasteiger partial charge in [-0.1, -0.05) is 32.9 Å². The zero-order valence-corrected chi connectivity index (χ0v) is 18.8. The first-order chi connectivity index (χ1) is 13.9. The molecule has 6 heteroatoms. The standard InChI is InChI=1S/C23H39N3O3/c1-6-24-22(26-17-19-8-7-13-29-21(19)23(2,3)4)25-16-18-9-11-20(12-10-18)28-15-14-27-5/h9-12,19,21H,6-8,13-17H2,1-5H3,(H2,24,25,26). The number of hydrogen-bond donors (Lipinski definition) is 2. The Hall–Kier alpha value is -1.79. The van der Waals surface area contributed by atoms with Crippen molar-refractivity contribution in [2.45, 2.75) is 53.2 Å². The van der Waals surface area contributed by atoms with Crippen molar-refractivity contribution in [3.63, 3.8) is 0 Å². The van der Waals surface area contributed by atoms with Crippen molar-refractivity contribution >= 4 is 5.96 Å². The Balaban J connectivity index is 1.90. The smallest absolute Gasteiger partial charge is 0.191 e. The fourth-order valence-corrected chi connectivity index (χ4v) is 3.68. The maximum atomic E-state index is 6.10. The molecule has 0 spiro atoms. The fourth-order valence-electron chi connectivity index (χ4n) is 3.68. The van der Waals surface area contributed by atoms with Crippen LogP contribution in [-0.4, -0.2) is 52.1 Å². The lowest BCUT2D eigenvalue weighted by Gasteiger charge is -2.40. The Bertz CT molecular complexity index is 611. The summed E-state index contributed by atoms with van der Waals surface area (Å²) in [7, 11) is 1.67. The van der Waals surface area contributed by atoms with E-state index < -0.39 is 0 Å². The monoisotopic (exact) mass is 405 g/mol. The van der Waals surface area contributed by atoms with E-state index in [2.05, 4.69) is 50.5 Å². The highest BCUT2D eigenvalue weighted by atomic mass is 16.5. The first-order valence-corrected chi connectivity index (χ1v) is 10.8. The molecule has 2 N–H and O–H groups in total. The van der Waals surface area contributed by atoms with Crippen molar-refractivity contribution in [3.05, 3.63) is 29.8 Å². The number of nitrogens with zero attached hydrogens (tertiary/aromatic N) is 1. The molecule has 1 aliphatic heterocycles. The summed E-state index contributed by atoms with van der Waals surface area (Å²) in [6.07, 6.45) is 2.60. The first-order valence-electron chi connectivity index (χ1n) is 10.8. The molecule has 1 aromatic rings. The molecular formula is C23H39N3O3. The molecule has 1 aromatic carbocycles. The second-order valence-corrected chi connectivity index (χ2v) is 8.62. The van der Waals surface area contributed by atoms with Gasteiger partial charge in [-0.3, -0.25) is 0 Å². The van der Waals surface area contributed by atoms with Crippen molar-refractivity contribution in [3.8, 4) is 5.75 Å². The van der Waals surface area contributed by atoms with Crippen LogP contribution in [0.4, 0.5) is 0 Å². The van der Waals surface area contributed by atoms with Crippen LogP contribution < -0.4 is 15.4 Å². The molecule has 29 heavy (non-hydrogen) atoms. The molecule has 1 saturated heterocycles. The molecule has 2 rings (SSSR count).